The number of benzene rings is 2. The first-order valence-electron chi connectivity index (χ1n) is 10.3. The number of rotatable bonds is 5. The zero-order chi connectivity index (χ0) is 22.0. The molecule has 31 heavy (non-hydrogen) atoms. The Labute approximate surface area is 180 Å². The van der Waals surface area contributed by atoms with E-state index in [9.17, 15) is 14.4 Å². The van der Waals surface area contributed by atoms with Gasteiger partial charge in [-0.15, -0.1) is 0 Å². The van der Waals surface area contributed by atoms with Crippen LogP contribution in [0.25, 0.3) is 0 Å². The lowest BCUT2D eigenvalue weighted by Crippen LogP contribution is -2.69. The van der Waals surface area contributed by atoms with E-state index in [1.165, 1.54) is 7.11 Å². The molecule has 0 N–H and O–H groups in total. The summed E-state index contributed by atoms with van der Waals surface area (Å²) in [6.45, 7) is 0. The van der Waals surface area contributed by atoms with Crippen molar-refractivity contribution < 1.29 is 28.6 Å². The molecule has 7 nitrogen and oxygen atoms in total. The summed E-state index contributed by atoms with van der Waals surface area (Å²) in [5.74, 6) is -1.95. The van der Waals surface area contributed by atoms with E-state index in [1.807, 2.05) is 11.9 Å². The summed E-state index contributed by atoms with van der Waals surface area (Å²) in [5.41, 5.74) is -1.09. The third-order valence-corrected chi connectivity index (χ3v) is 6.33. The van der Waals surface area contributed by atoms with Gasteiger partial charge in [0.1, 0.15) is 0 Å². The topological polar surface area (TPSA) is 82.1 Å². The highest BCUT2D eigenvalue weighted by Gasteiger charge is 2.65. The average Bonchev–Trinajstić information content (AvgIpc) is 3.08. The fourth-order valence-electron chi connectivity index (χ4n) is 4.75. The van der Waals surface area contributed by atoms with Gasteiger partial charge in [0.05, 0.1) is 24.3 Å². The van der Waals surface area contributed by atoms with Crippen molar-refractivity contribution in [2.45, 2.75) is 43.1 Å². The van der Waals surface area contributed by atoms with E-state index in [4.69, 9.17) is 14.2 Å². The van der Waals surface area contributed by atoms with Crippen molar-refractivity contribution in [2.75, 3.05) is 14.2 Å². The van der Waals surface area contributed by atoms with E-state index >= 15 is 0 Å². The molecule has 7 heteroatoms. The maximum absolute atomic E-state index is 13.2. The van der Waals surface area contributed by atoms with Gasteiger partial charge in [0.2, 0.25) is 0 Å². The first kappa shape index (κ1) is 21.1. The van der Waals surface area contributed by atoms with Crippen molar-refractivity contribution in [1.29, 1.82) is 0 Å². The van der Waals surface area contributed by atoms with E-state index in [0.29, 0.717) is 24.0 Å². The van der Waals surface area contributed by atoms with Crippen molar-refractivity contribution >= 4 is 17.9 Å². The standard InChI is InChI=1S/C24H25NO6/c1-25-18-13-14-19(25)24(23(28)29-2,31-22(27)17-11-7-4-8-12-17)20(15-18)30-21(26)16-9-5-3-6-10-16/h3-12,18-20H,13-15H2,1-2H3/t18-,19+,20+,24-/m1/s1. The Hall–Kier alpha value is -3.19. The highest BCUT2D eigenvalue weighted by atomic mass is 16.6. The average molecular weight is 423 g/mol. The fourth-order valence-corrected chi connectivity index (χ4v) is 4.75. The third-order valence-electron chi connectivity index (χ3n) is 6.33. The second-order valence-electron chi connectivity index (χ2n) is 7.95. The number of piperidine rings is 1. The van der Waals surface area contributed by atoms with E-state index in [0.717, 1.165) is 6.42 Å². The molecule has 2 heterocycles. The molecule has 0 amide bonds. The molecule has 0 aromatic heterocycles. The van der Waals surface area contributed by atoms with Gasteiger partial charge in [-0.25, -0.2) is 14.4 Å². The minimum Gasteiger partial charge on any atom is -0.466 e. The number of methoxy groups -OCH3 is 1. The number of hydrogen-bond donors (Lipinski definition) is 0. The van der Waals surface area contributed by atoms with Crippen LogP contribution >= 0.6 is 0 Å². The van der Waals surface area contributed by atoms with Crippen LogP contribution in [0.2, 0.25) is 0 Å². The third kappa shape index (κ3) is 3.70. The van der Waals surface area contributed by atoms with Crippen LogP contribution < -0.4 is 0 Å². The Kier molecular flexibility index (Phi) is 5.78. The van der Waals surface area contributed by atoms with Crippen LogP contribution in [-0.4, -0.2) is 60.8 Å². The summed E-state index contributed by atoms with van der Waals surface area (Å²) >= 11 is 0. The lowest BCUT2D eigenvalue weighted by molar-refractivity contribution is -0.196. The Morgan fingerprint density at radius 3 is 2.06 bits per heavy atom. The Balaban J connectivity index is 1.72. The maximum atomic E-state index is 13.2. The van der Waals surface area contributed by atoms with Crippen LogP contribution in [-0.2, 0) is 19.0 Å². The molecular formula is C24H25NO6. The minimum absolute atomic E-state index is 0.117. The number of esters is 3. The number of nitrogens with zero attached hydrogens (tertiary/aromatic N) is 1. The van der Waals surface area contributed by atoms with Gasteiger partial charge >= 0.3 is 17.9 Å². The number of ether oxygens (including phenoxy) is 3. The van der Waals surface area contributed by atoms with Crippen molar-refractivity contribution in [3.63, 3.8) is 0 Å². The summed E-state index contributed by atoms with van der Waals surface area (Å²) in [4.78, 5) is 41.1. The summed E-state index contributed by atoms with van der Waals surface area (Å²) in [5, 5.41) is 0. The number of carbonyl (C=O) groups is 3. The molecule has 0 radical (unpaired) electrons. The number of fused-ring (bicyclic) bond motifs is 2. The second-order valence-corrected chi connectivity index (χ2v) is 7.95. The predicted octanol–water partition coefficient (Wildman–Crippen LogP) is 2.85. The molecule has 2 bridgehead atoms. The maximum Gasteiger partial charge on any atom is 0.356 e. The van der Waals surface area contributed by atoms with E-state index < -0.39 is 35.7 Å². The van der Waals surface area contributed by atoms with Crippen molar-refractivity contribution in [3.8, 4) is 0 Å². The van der Waals surface area contributed by atoms with Crippen molar-refractivity contribution in [2.24, 2.45) is 0 Å². The van der Waals surface area contributed by atoms with E-state index in [-0.39, 0.29) is 6.04 Å². The quantitative estimate of drug-likeness (QED) is 0.540. The molecule has 2 aromatic carbocycles. The fraction of sp³-hybridized carbons (Fsp3) is 0.375. The van der Waals surface area contributed by atoms with E-state index in [1.54, 1.807) is 60.7 Å². The Bertz CT molecular complexity index is 963. The zero-order valence-corrected chi connectivity index (χ0v) is 17.5. The van der Waals surface area contributed by atoms with Crippen LogP contribution in [0.3, 0.4) is 0 Å². The number of carbonyl (C=O) groups excluding carboxylic acids is 3. The normalized spacial score (nSPS) is 27.4. The molecule has 0 unspecified atom stereocenters. The first-order valence-corrected chi connectivity index (χ1v) is 10.3. The molecule has 2 saturated heterocycles. The van der Waals surface area contributed by atoms with Gasteiger partial charge in [-0.1, -0.05) is 36.4 Å². The van der Waals surface area contributed by atoms with Crippen molar-refractivity contribution in [3.05, 3.63) is 71.8 Å². The molecule has 2 aliphatic heterocycles. The largest absolute Gasteiger partial charge is 0.466 e. The minimum atomic E-state index is -1.76. The smallest absolute Gasteiger partial charge is 0.356 e. The summed E-state index contributed by atoms with van der Waals surface area (Å²) in [6.07, 6.45) is 0.830. The Morgan fingerprint density at radius 2 is 1.48 bits per heavy atom. The number of hydrogen-bond acceptors (Lipinski definition) is 7. The lowest BCUT2D eigenvalue weighted by atomic mass is 9.82. The van der Waals surface area contributed by atoms with E-state index in [2.05, 4.69) is 0 Å². The van der Waals surface area contributed by atoms with Crippen LogP contribution in [0.5, 0.6) is 0 Å². The SMILES string of the molecule is COC(=O)[C@]1(OC(=O)c2ccccc2)[C@@H](OC(=O)c2ccccc2)C[C@H]2CC[C@@H]1N2C. The van der Waals surface area contributed by atoms with Crippen LogP contribution in [0.4, 0.5) is 0 Å². The molecule has 4 atom stereocenters. The van der Waals surface area contributed by atoms with Crippen molar-refractivity contribution in [1.82, 2.24) is 4.90 Å². The summed E-state index contributed by atoms with van der Waals surface area (Å²) < 4.78 is 16.9. The molecule has 0 saturated carbocycles. The number of likely N-dealkylation sites (N-methyl/N-ethyl adjacent to an activating group) is 1. The molecular weight excluding hydrogens is 398 g/mol. The molecule has 162 valence electrons. The summed E-state index contributed by atoms with van der Waals surface area (Å²) in [6, 6.07) is 16.6. The first-order chi connectivity index (χ1) is 15.0. The highest BCUT2D eigenvalue weighted by Crippen LogP contribution is 2.45. The summed E-state index contributed by atoms with van der Waals surface area (Å²) in [7, 11) is 3.14. The molecule has 4 rings (SSSR count). The lowest BCUT2D eigenvalue weighted by Gasteiger charge is -2.48. The molecule has 2 aliphatic rings. The molecule has 0 spiro atoms. The van der Waals surface area contributed by atoms with Crippen LogP contribution in [0.15, 0.2) is 60.7 Å². The second kappa shape index (κ2) is 8.51. The van der Waals surface area contributed by atoms with Gasteiger partial charge in [-0.05, 0) is 44.2 Å². The van der Waals surface area contributed by atoms with Gasteiger partial charge < -0.3 is 14.2 Å². The van der Waals surface area contributed by atoms with Gasteiger partial charge in [0, 0.05) is 12.5 Å². The predicted molar refractivity (Wildman–Crippen MR) is 111 cm³/mol. The Morgan fingerprint density at radius 1 is 0.903 bits per heavy atom. The highest BCUT2D eigenvalue weighted by molar-refractivity contribution is 5.94. The monoisotopic (exact) mass is 423 g/mol. The molecule has 0 aliphatic carbocycles. The van der Waals surface area contributed by atoms with Gasteiger partial charge in [-0.3, -0.25) is 4.90 Å². The molecule has 2 fully saturated rings. The van der Waals surface area contributed by atoms with Gasteiger partial charge in [0.25, 0.3) is 5.60 Å². The van der Waals surface area contributed by atoms with Gasteiger partial charge in [0.15, 0.2) is 6.10 Å². The zero-order valence-electron chi connectivity index (χ0n) is 17.5. The van der Waals surface area contributed by atoms with Crippen LogP contribution in [0, 0.1) is 0 Å². The van der Waals surface area contributed by atoms with Crippen LogP contribution in [0.1, 0.15) is 40.0 Å². The molecule has 2 aromatic rings. The van der Waals surface area contributed by atoms with Gasteiger partial charge in [-0.2, -0.15) is 0 Å².